The van der Waals surface area contributed by atoms with Gasteiger partial charge >= 0.3 is 13.6 Å². The van der Waals surface area contributed by atoms with Crippen LogP contribution in [0.5, 0.6) is 0 Å². The molecule has 0 aliphatic carbocycles. The van der Waals surface area contributed by atoms with Crippen molar-refractivity contribution < 1.29 is 23.1 Å². The molecule has 100 valence electrons. The highest BCUT2D eigenvalue weighted by Gasteiger charge is 2.22. The van der Waals surface area contributed by atoms with Crippen molar-refractivity contribution in [3.05, 3.63) is 12.2 Å². The Kier molecular flexibility index (Phi) is 8.90. The van der Waals surface area contributed by atoms with Crippen LogP contribution in [0.25, 0.3) is 0 Å². The average molecular weight is 264 g/mol. The third kappa shape index (κ3) is 9.97. The fraction of sp³-hybridized carbons (Fsp3) is 0.727. The van der Waals surface area contributed by atoms with E-state index < -0.39 is 7.68 Å². The molecule has 0 aliphatic heterocycles. The summed E-state index contributed by atoms with van der Waals surface area (Å²) in [6.07, 6.45) is 0. The van der Waals surface area contributed by atoms with E-state index >= 15 is 0 Å². The smallest absolute Gasteiger partial charge is 0.374 e. The van der Waals surface area contributed by atoms with Gasteiger partial charge in [0.25, 0.3) is 0 Å². The summed E-state index contributed by atoms with van der Waals surface area (Å²) in [6, 6.07) is 0. The van der Waals surface area contributed by atoms with Crippen LogP contribution in [-0.2, 0) is 18.7 Å². The van der Waals surface area contributed by atoms with Crippen LogP contribution in [0.4, 0.5) is 0 Å². The van der Waals surface area contributed by atoms with Crippen molar-refractivity contribution in [3.63, 3.8) is 0 Å². The van der Waals surface area contributed by atoms with E-state index in [0.29, 0.717) is 16.7 Å². The Hall–Kier alpha value is -0.930. The molecule has 0 fully saturated rings. The first-order chi connectivity index (χ1) is 7.53. The van der Waals surface area contributed by atoms with Crippen molar-refractivity contribution in [1.82, 2.24) is 0 Å². The number of ether oxygens (including phenoxy) is 1. The highest BCUT2D eigenvalue weighted by Crippen LogP contribution is 2.19. The van der Waals surface area contributed by atoms with E-state index in [-0.39, 0.29) is 11.8 Å². The van der Waals surface area contributed by atoms with Gasteiger partial charge in [-0.3, -0.25) is 0 Å². The quantitative estimate of drug-likeness (QED) is 0.338. The molecule has 5 nitrogen and oxygen atoms in total. The van der Waals surface area contributed by atoms with Gasteiger partial charge in [-0.15, -0.1) is 0 Å². The van der Waals surface area contributed by atoms with Crippen molar-refractivity contribution >= 4 is 13.6 Å². The van der Waals surface area contributed by atoms with Gasteiger partial charge in [0.1, 0.15) is 0 Å². The van der Waals surface area contributed by atoms with Crippen molar-refractivity contribution in [2.75, 3.05) is 27.7 Å². The van der Waals surface area contributed by atoms with Crippen LogP contribution in [-0.4, -0.2) is 44.0 Å². The number of hydrogen-bond acceptors (Lipinski definition) is 4. The second-order valence-corrected chi connectivity index (χ2v) is 5.85. The molecule has 0 aliphatic rings. The second kappa shape index (κ2) is 8.20. The van der Waals surface area contributed by atoms with Crippen LogP contribution >= 0.6 is 7.68 Å². The maximum Gasteiger partial charge on any atom is 0.374 e. The lowest BCUT2D eigenvalue weighted by Crippen LogP contribution is -2.40. The van der Waals surface area contributed by atoms with Crippen molar-refractivity contribution in [2.45, 2.75) is 26.6 Å². The Morgan fingerprint density at radius 3 is 1.82 bits per heavy atom. The van der Waals surface area contributed by atoms with Crippen LogP contribution in [0, 0.1) is 0 Å². The van der Waals surface area contributed by atoms with Gasteiger partial charge in [0, 0.05) is 12.5 Å². The van der Waals surface area contributed by atoms with Gasteiger partial charge in [-0.25, -0.2) is 13.9 Å². The fourth-order valence-corrected chi connectivity index (χ4v) is 1.10. The number of hydrogen-bond donors (Lipinski definition) is 0. The van der Waals surface area contributed by atoms with Gasteiger partial charge in [0.2, 0.25) is 0 Å². The largest absolute Gasteiger partial charge is 0.463 e. The van der Waals surface area contributed by atoms with E-state index in [1.54, 1.807) is 20.8 Å². The van der Waals surface area contributed by atoms with E-state index in [1.165, 1.54) is 0 Å². The first-order valence-electron chi connectivity index (χ1n) is 5.31. The monoisotopic (exact) mass is 264 g/mol. The highest BCUT2D eigenvalue weighted by molar-refractivity contribution is 7.31. The molecule has 0 spiro atoms. The van der Waals surface area contributed by atoms with Gasteiger partial charge in [-0.2, -0.15) is 0 Å². The fourth-order valence-electron chi connectivity index (χ4n) is 0.537. The third-order valence-corrected chi connectivity index (χ3v) is 3.35. The molecule has 0 aromatic rings. The summed E-state index contributed by atoms with van der Waals surface area (Å²) in [7, 11) is 3.29. The van der Waals surface area contributed by atoms with Gasteiger partial charge in [0.05, 0.1) is 27.7 Å². The van der Waals surface area contributed by atoms with Gasteiger partial charge in [-0.1, -0.05) is 6.58 Å². The van der Waals surface area contributed by atoms with Crippen molar-refractivity contribution in [1.29, 1.82) is 0 Å². The molecular weight excluding hydrogens is 241 g/mol. The van der Waals surface area contributed by atoms with Crippen LogP contribution in [0.2, 0.25) is 0 Å². The molecule has 1 atom stereocenters. The van der Waals surface area contributed by atoms with E-state index in [9.17, 15) is 13.9 Å². The summed E-state index contributed by atoms with van der Waals surface area (Å²) in [4.78, 5) is 10.4. The Morgan fingerprint density at radius 2 is 1.76 bits per heavy atom. The highest BCUT2D eigenvalue weighted by atomic mass is 31.1. The van der Waals surface area contributed by atoms with E-state index in [0.717, 1.165) is 0 Å². The topological polar surface area (TPSA) is 60.4 Å². The lowest BCUT2D eigenvalue weighted by Gasteiger charge is -2.25. The molecule has 0 aromatic carbocycles. The Labute approximate surface area is 104 Å². The maximum atomic E-state index is 10.4. The summed E-state index contributed by atoms with van der Waals surface area (Å²) < 4.78 is 25.8. The van der Waals surface area contributed by atoms with E-state index in [2.05, 4.69) is 11.3 Å². The molecule has 0 saturated heterocycles. The number of nitrogens with zero attached hydrogens (tertiary/aromatic N) is 1. The Bertz CT molecular complexity index is 321. The zero-order chi connectivity index (χ0) is 14.2. The zero-order valence-electron chi connectivity index (χ0n) is 11.5. The van der Waals surface area contributed by atoms with Crippen molar-refractivity contribution in [3.8, 4) is 0 Å². The summed E-state index contributed by atoms with van der Waals surface area (Å²) in [5.74, 6) is -0.604. The first-order valence-corrected chi connectivity index (χ1v) is 6.55. The number of carbonyl (C=O) groups excluding carboxylic acids is 1. The predicted molar refractivity (Wildman–Crippen MR) is 67.2 cm³/mol. The van der Waals surface area contributed by atoms with Gasteiger partial charge in [0.15, 0.2) is 5.78 Å². The van der Waals surface area contributed by atoms with Gasteiger partial charge < -0.3 is 9.22 Å². The van der Waals surface area contributed by atoms with E-state index in [4.69, 9.17) is 0 Å². The summed E-state index contributed by atoms with van der Waals surface area (Å²) in [6.45, 7) is 8.91. The first kappa shape index (κ1) is 18.4. The number of quaternary nitrogens is 1. The summed E-state index contributed by atoms with van der Waals surface area (Å²) >= 11 is 0. The number of rotatable bonds is 4. The molecule has 0 bridgehead atoms. The molecule has 0 radical (unpaired) electrons. The number of esters is 1. The molecule has 0 rings (SSSR count). The summed E-state index contributed by atoms with van der Waals surface area (Å²) in [5, 5.41) is 0. The molecule has 0 heterocycles. The molecule has 0 N–H and O–H groups in total. The Balaban J connectivity index is 0. The van der Waals surface area contributed by atoms with Gasteiger partial charge in [-0.05, 0) is 13.8 Å². The minimum atomic E-state index is -2.28. The van der Waals surface area contributed by atoms with Crippen molar-refractivity contribution in [2.24, 2.45) is 0 Å². The van der Waals surface area contributed by atoms with Crippen LogP contribution < -0.4 is 0 Å². The average Bonchev–Trinajstić information content (AvgIpc) is 2.16. The Morgan fingerprint density at radius 1 is 1.35 bits per heavy atom. The zero-order valence-corrected chi connectivity index (χ0v) is 12.4. The molecule has 1 unspecified atom stereocenters. The lowest BCUT2D eigenvalue weighted by atomic mass is 10.4. The van der Waals surface area contributed by atoms with E-state index in [1.807, 2.05) is 21.1 Å². The third-order valence-electron chi connectivity index (χ3n) is 2.05. The molecule has 0 amide bonds. The SMILES string of the molecule is C=C(C)C(=O)OCC.CC(P(=O)=O)[N+](C)(C)C. The summed E-state index contributed by atoms with van der Waals surface area (Å²) in [5.41, 5.74) is 0.451. The normalized spacial score (nSPS) is 11.9. The van der Waals surface area contributed by atoms with Crippen LogP contribution in [0.3, 0.4) is 0 Å². The molecule has 17 heavy (non-hydrogen) atoms. The second-order valence-electron chi connectivity index (χ2n) is 4.53. The molecule has 6 heteroatoms. The lowest BCUT2D eigenvalue weighted by molar-refractivity contribution is -0.879. The van der Waals surface area contributed by atoms with Crippen LogP contribution in [0.15, 0.2) is 12.2 Å². The minimum Gasteiger partial charge on any atom is -0.463 e. The molecule has 0 aromatic heterocycles. The number of carbonyl (C=O) groups is 1. The molecule has 0 saturated carbocycles. The standard InChI is InChI=1S/C6H10O2.C5H13NO2P/c1-4-8-6(7)5(2)3;1-5(9(7)8)6(2,3)4/h2,4H2,1,3H3;5H,1-4H3/q;+1. The predicted octanol–water partition coefficient (Wildman–Crippen LogP) is 2.34. The maximum absolute atomic E-state index is 10.4. The minimum absolute atomic E-state index is 0.292. The molecular formula is C11H23NO4P+. The van der Waals surface area contributed by atoms with Crippen LogP contribution in [0.1, 0.15) is 20.8 Å².